The summed E-state index contributed by atoms with van der Waals surface area (Å²) in [7, 11) is 0. The van der Waals surface area contributed by atoms with Crippen LogP contribution >= 0.6 is 12.6 Å². The molecule has 1 heterocycles. The molecule has 1 unspecified atom stereocenters. The zero-order valence-electron chi connectivity index (χ0n) is 6.66. The van der Waals surface area contributed by atoms with Gasteiger partial charge in [0, 0.05) is 6.04 Å². The molecular formula is C6H13N3OS. The lowest BCUT2D eigenvalue weighted by Gasteiger charge is -2.11. The van der Waals surface area contributed by atoms with Gasteiger partial charge in [-0.25, -0.2) is 4.99 Å². The fourth-order valence-corrected chi connectivity index (χ4v) is 0.900. The number of nitrogens with zero attached hydrogens (tertiary/aromatic N) is 1. The maximum absolute atomic E-state index is 5.59. The van der Waals surface area contributed by atoms with Crippen molar-refractivity contribution in [1.29, 1.82) is 0 Å². The monoisotopic (exact) mass is 175 g/mol. The minimum atomic E-state index is -0.756. The van der Waals surface area contributed by atoms with Gasteiger partial charge in [0.05, 0.1) is 0 Å². The molecule has 1 saturated heterocycles. The number of nitrogens with one attached hydrogen (secondary N) is 1. The van der Waals surface area contributed by atoms with Crippen molar-refractivity contribution in [3.05, 3.63) is 0 Å². The number of amidine groups is 1. The lowest BCUT2D eigenvalue weighted by atomic mass is 10.4. The minimum absolute atomic E-state index is 0.208. The third-order valence-corrected chi connectivity index (χ3v) is 1.37. The number of ether oxygens (including phenoxy) is 1. The summed E-state index contributed by atoms with van der Waals surface area (Å²) >= 11 is 4.09. The molecule has 1 atom stereocenters. The van der Waals surface area contributed by atoms with Gasteiger partial charge in [-0.1, -0.05) is 0 Å². The highest BCUT2D eigenvalue weighted by Gasteiger charge is 2.30. The SMILES string of the molecule is CC(C)N=C1NC(N)(S)CO1. The van der Waals surface area contributed by atoms with Crippen molar-refractivity contribution in [2.24, 2.45) is 10.7 Å². The Balaban J connectivity index is 2.54. The summed E-state index contributed by atoms with van der Waals surface area (Å²) in [5.74, 6) is 0. The van der Waals surface area contributed by atoms with Gasteiger partial charge in [-0.3, -0.25) is 5.73 Å². The van der Waals surface area contributed by atoms with Crippen LogP contribution in [0.15, 0.2) is 4.99 Å². The van der Waals surface area contributed by atoms with Crippen LogP contribution in [-0.4, -0.2) is 23.7 Å². The third-order valence-electron chi connectivity index (χ3n) is 1.13. The highest BCUT2D eigenvalue weighted by Crippen LogP contribution is 2.10. The van der Waals surface area contributed by atoms with Gasteiger partial charge in [0.15, 0.2) is 4.99 Å². The first-order valence-electron chi connectivity index (χ1n) is 3.50. The van der Waals surface area contributed by atoms with Crippen LogP contribution in [0, 0.1) is 0 Å². The van der Waals surface area contributed by atoms with E-state index in [0.29, 0.717) is 12.6 Å². The van der Waals surface area contributed by atoms with Crippen LogP contribution in [0.2, 0.25) is 0 Å². The number of hydrogen-bond acceptors (Lipinski definition) is 4. The van der Waals surface area contributed by atoms with E-state index in [1.165, 1.54) is 0 Å². The molecular weight excluding hydrogens is 162 g/mol. The number of hydrogen-bond donors (Lipinski definition) is 3. The van der Waals surface area contributed by atoms with Crippen LogP contribution in [0.3, 0.4) is 0 Å². The summed E-state index contributed by atoms with van der Waals surface area (Å²) < 4.78 is 5.12. The highest BCUT2D eigenvalue weighted by molar-refractivity contribution is 7.81. The highest BCUT2D eigenvalue weighted by atomic mass is 32.1. The average Bonchev–Trinajstić information content (AvgIpc) is 2.08. The zero-order valence-corrected chi connectivity index (χ0v) is 7.56. The van der Waals surface area contributed by atoms with Gasteiger partial charge in [0.1, 0.15) is 6.61 Å². The first kappa shape index (κ1) is 8.67. The Kier molecular flexibility index (Phi) is 2.29. The molecule has 1 aliphatic heterocycles. The standard InChI is InChI=1S/C6H13N3OS/c1-4(2)8-5-9-6(7,11)3-10-5/h4,11H,3,7H2,1-2H3,(H,8,9). The van der Waals surface area contributed by atoms with Gasteiger partial charge in [-0.2, -0.15) is 0 Å². The van der Waals surface area contributed by atoms with Crippen LogP contribution in [0.4, 0.5) is 0 Å². The fraction of sp³-hybridized carbons (Fsp3) is 0.833. The third kappa shape index (κ3) is 2.59. The van der Waals surface area contributed by atoms with Crippen molar-refractivity contribution in [3.63, 3.8) is 0 Å². The quantitative estimate of drug-likeness (QED) is 0.386. The minimum Gasteiger partial charge on any atom is -0.460 e. The van der Waals surface area contributed by atoms with Crippen molar-refractivity contribution < 1.29 is 4.74 Å². The predicted octanol–water partition coefficient (Wildman–Crippen LogP) is -0.0871. The van der Waals surface area contributed by atoms with Gasteiger partial charge < -0.3 is 10.1 Å². The Morgan fingerprint density at radius 1 is 1.82 bits per heavy atom. The molecule has 3 N–H and O–H groups in total. The molecule has 11 heavy (non-hydrogen) atoms. The van der Waals surface area contributed by atoms with E-state index in [-0.39, 0.29) is 6.04 Å². The molecule has 0 amide bonds. The van der Waals surface area contributed by atoms with Crippen molar-refractivity contribution in [2.45, 2.75) is 24.9 Å². The van der Waals surface area contributed by atoms with E-state index < -0.39 is 4.99 Å². The van der Waals surface area contributed by atoms with Crippen LogP contribution in [0.1, 0.15) is 13.8 Å². The van der Waals surface area contributed by atoms with Crippen molar-refractivity contribution >= 4 is 18.7 Å². The van der Waals surface area contributed by atoms with E-state index in [9.17, 15) is 0 Å². The molecule has 0 saturated carbocycles. The molecule has 0 radical (unpaired) electrons. The molecule has 1 fully saturated rings. The van der Waals surface area contributed by atoms with Gasteiger partial charge in [-0.15, -0.1) is 12.6 Å². The summed E-state index contributed by atoms with van der Waals surface area (Å²) in [5, 5.41) is 2.83. The lowest BCUT2D eigenvalue weighted by Crippen LogP contribution is -2.46. The molecule has 64 valence electrons. The summed E-state index contributed by atoms with van der Waals surface area (Å²) in [6, 6.07) is 0.692. The number of thiol groups is 1. The van der Waals surface area contributed by atoms with E-state index >= 15 is 0 Å². The summed E-state index contributed by atoms with van der Waals surface area (Å²) in [6.45, 7) is 4.28. The molecule has 0 aromatic carbocycles. The van der Waals surface area contributed by atoms with Gasteiger partial charge >= 0.3 is 0 Å². The van der Waals surface area contributed by atoms with Gasteiger partial charge in [0.2, 0.25) is 0 Å². The second-order valence-electron chi connectivity index (χ2n) is 2.87. The summed E-state index contributed by atoms with van der Waals surface area (Å²) in [6.07, 6.45) is 0. The molecule has 0 aromatic heterocycles. The van der Waals surface area contributed by atoms with E-state index in [0.717, 1.165) is 0 Å². The maximum Gasteiger partial charge on any atom is 0.287 e. The lowest BCUT2D eigenvalue weighted by molar-refractivity contribution is 0.315. The Bertz CT molecular complexity index is 179. The summed E-state index contributed by atoms with van der Waals surface area (Å²) in [5.41, 5.74) is 5.59. The maximum atomic E-state index is 5.59. The first-order chi connectivity index (χ1) is 4.99. The van der Waals surface area contributed by atoms with Crippen LogP contribution < -0.4 is 11.1 Å². The molecule has 1 aliphatic rings. The van der Waals surface area contributed by atoms with Gasteiger partial charge in [0.25, 0.3) is 6.02 Å². The van der Waals surface area contributed by atoms with Crippen molar-refractivity contribution in [2.75, 3.05) is 6.61 Å². The molecule has 0 bridgehead atoms. The van der Waals surface area contributed by atoms with Crippen LogP contribution in [0.25, 0.3) is 0 Å². The predicted molar refractivity (Wildman–Crippen MR) is 47.6 cm³/mol. The smallest absolute Gasteiger partial charge is 0.287 e. The molecule has 0 aliphatic carbocycles. The van der Waals surface area contributed by atoms with E-state index in [2.05, 4.69) is 22.9 Å². The number of aliphatic imine (C=N–C) groups is 1. The molecule has 0 spiro atoms. The number of nitrogens with two attached hydrogens (primary N) is 1. The first-order valence-corrected chi connectivity index (χ1v) is 3.94. The topological polar surface area (TPSA) is 59.6 Å². The molecule has 1 rings (SSSR count). The van der Waals surface area contributed by atoms with E-state index in [1.807, 2.05) is 13.8 Å². The molecule has 0 aromatic rings. The Labute approximate surface area is 71.6 Å². The fourth-order valence-electron chi connectivity index (χ4n) is 0.740. The Morgan fingerprint density at radius 2 is 2.45 bits per heavy atom. The van der Waals surface area contributed by atoms with E-state index in [1.54, 1.807) is 0 Å². The Hall–Kier alpha value is -0.420. The van der Waals surface area contributed by atoms with Crippen LogP contribution in [0.5, 0.6) is 0 Å². The average molecular weight is 175 g/mol. The summed E-state index contributed by atoms with van der Waals surface area (Å²) in [4.78, 5) is 3.37. The normalized spacial score (nSPS) is 34.1. The largest absolute Gasteiger partial charge is 0.460 e. The van der Waals surface area contributed by atoms with Gasteiger partial charge in [-0.05, 0) is 13.8 Å². The Morgan fingerprint density at radius 3 is 2.82 bits per heavy atom. The molecule has 5 heteroatoms. The molecule has 4 nitrogen and oxygen atoms in total. The second kappa shape index (κ2) is 2.91. The van der Waals surface area contributed by atoms with Crippen molar-refractivity contribution in [1.82, 2.24) is 5.32 Å². The second-order valence-corrected chi connectivity index (χ2v) is 3.66. The number of rotatable bonds is 1. The van der Waals surface area contributed by atoms with E-state index in [4.69, 9.17) is 10.5 Å². The van der Waals surface area contributed by atoms with Crippen molar-refractivity contribution in [3.8, 4) is 0 Å². The van der Waals surface area contributed by atoms with Crippen LogP contribution in [-0.2, 0) is 4.74 Å². The zero-order chi connectivity index (χ0) is 8.48.